The first-order valence-electron chi connectivity index (χ1n) is 4.92. The molecule has 1 radical (unpaired) electrons. The zero-order chi connectivity index (χ0) is 11.3. The molecule has 1 unspecified atom stereocenters. The van der Waals surface area contributed by atoms with Gasteiger partial charge in [-0.3, -0.25) is 4.55 Å². The molecular formula is C11H15O3S. The molecule has 0 spiro atoms. The summed E-state index contributed by atoms with van der Waals surface area (Å²) in [6.07, 6.45) is 2.00. The van der Waals surface area contributed by atoms with Crippen molar-refractivity contribution in [1.29, 1.82) is 0 Å². The highest BCUT2D eigenvalue weighted by Crippen LogP contribution is 2.10. The third-order valence-corrected chi connectivity index (χ3v) is 3.59. The van der Waals surface area contributed by atoms with E-state index in [2.05, 4.69) is 6.07 Å². The van der Waals surface area contributed by atoms with Gasteiger partial charge in [-0.25, -0.2) is 0 Å². The number of hydrogen-bond acceptors (Lipinski definition) is 2. The maximum absolute atomic E-state index is 10.7. The van der Waals surface area contributed by atoms with Crippen LogP contribution < -0.4 is 0 Å². The van der Waals surface area contributed by atoms with Crippen molar-refractivity contribution in [3.05, 3.63) is 35.9 Å². The van der Waals surface area contributed by atoms with E-state index in [4.69, 9.17) is 4.55 Å². The van der Waals surface area contributed by atoms with Gasteiger partial charge in [0.25, 0.3) is 10.1 Å². The van der Waals surface area contributed by atoms with Crippen LogP contribution in [0.1, 0.15) is 25.3 Å². The van der Waals surface area contributed by atoms with Crippen LogP contribution in [-0.4, -0.2) is 18.2 Å². The Morgan fingerprint density at radius 3 is 2.73 bits per heavy atom. The standard InChI is InChI=1S/C11H15O3S/c1-10(15(12,13)14)6-5-9-11-7-3-2-4-8-11/h2-4,7,10H,5-6,9H2,1H3,(H,12,13,14). The van der Waals surface area contributed by atoms with Gasteiger partial charge in [0.1, 0.15) is 0 Å². The van der Waals surface area contributed by atoms with Gasteiger partial charge >= 0.3 is 0 Å². The van der Waals surface area contributed by atoms with E-state index in [0.29, 0.717) is 6.42 Å². The summed E-state index contributed by atoms with van der Waals surface area (Å²) in [6.45, 7) is 1.52. The average molecular weight is 227 g/mol. The average Bonchev–Trinajstić information content (AvgIpc) is 2.18. The highest BCUT2D eigenvalue weighted by Gasteiger charge is 2.16. The Morgan fingerprint density at radius 2 is 2.20 bits per heavy atom. The molecule has 0 heterocycles. The first-order valence-corrected chi connectivity index (χ1v) is 6.42. The van der Waals surface area contributed by atoms with Gasteiger partial charge in [0.15, 0.2) is 0 Å². The first kappa shape index (κ1) is 12.2. The van der Waals surface area contributed by atoms with Crippen molar-refractivity contribution in [3.63, 3.8) is 0 Å². The van der Waals surface area contributed by atoms with Crippen LogP contribution in [0.5, 0.6) is 0 Å². The quantitative estimate of drug-likeness (QED) is 0.784. The number of hydrogen-bond donors (Lipinski definition) is 1. The second-order valence-electron chi connectivity index (χ2n) is 3.61. The van der Waals surface area contributed by atoms with Crippen LogP contribution in [0.25, 0.3) is 0 Å². The van der Waals surface area contributed by atoms with E-state index in [1.807, 2.05) is 24.3 Å². The molecule has 15 heavy (non-hydrogen) atoms. The molecule has 1 aromatic carbocycles. The van der Waals surface area contributed by atoms with Crippen LogP contribution in [0.3, 0.4) is 0 Å². The highest BCUT2D eigenvalue weighted by molar-refractivity contribution is 7.86. The van der Waals surface area contributed by atoms with Crippen molar-refractivity contribution < 1.29 is 13.0 Å². The highest BCUT2D eigenvalue weighted by atomic mass is 32.2. The van der Waals surface area contributed by atoms with Crippen molar-refractivity contribution in [2.75, 3.05) is 0 Å². The molecule has 0 aromatic heterocycles. The minimum atomic E-state index is -3.87. The molecule has 83 valence electrons. The largest absolute Gasteiger partial charge is 0.285 e. The number of benzene rings is 1. The third-order valence-electron chi connectivity index (χ3n) is 2.34. The van der Waals surface area contributed by atoms with Crippen molar-refractivity contribution in [2.45, 2.75) is 31.4 Å². The molecule has 0 bridgehead atoms. The molecule has 0 fully saturated rings. The van der Waals surface area contributed by atoms with Gasteiger partial charge in [-0.05, 0) is 37.8 Å². The molecule has 3 nitrogen and oxygen atoms in total. The summed E-state index contributed by atoms with van der Waals surface area (Å²) in [5.41, 5.74) is 1.07. The lowest BCUT2D eigenvalue weighted by atomic mass is 10.1. The molecule has 0 saturated carbocycles. The summed E-state index contributed by atoms with van der Waals surface area (Å²) in [4.78, 5) is 0. The lowest BCUT2D eigenvalue weighted by Crippen LogP contribution is -2.16. The lowest BCUT2D eigenvalue weighted by Gasteiger charge is -2.07. The molecular weight excluding hydrogens is 212 g/mol. The van der Waals surface area contributed by atoms with Gasteiger partial charge in [0, 0.05) is 0 Å². The van der Waals surface area contributed by atoms with Crippen molar-refractivity contribution in [1.82, 2.24) is 0 Å². The van der Waals surface area contributed by atoms with E-state index in [9.17, 15) is 8.42 Å². The fourth-order valence-electron chi connectivity index (χ4n) is 1.31. The van der Waals surface area contributed by atoms with E-state index in [1.165, 1.54) is 6.92 Å². The van der Waals surface area contributed by atoms with Crippen molar-refractivity contribution in [2.24, 2.45) is 0 Å². The Kier molecular flexibility index (Phi) is 4.29. The summed E-state index contributed by atoms with van der Waals surface area (Å²) in [5.74, 6) is 0. The minimum Gasteiger partial charge on any atom is -0.285 e. The summed E-state index contributed by atoms with van der Waals surface area (Å²) >= 11 is 0. The predicted molar refractivity (Wildman–Crippen MR) is 59.2 cm³/mol. The van der Waals surface area contributed by atoms with Gasteiger partial charge < -0.3 is 0 Å². The van der Waals surface area contributed by atoms with Crippen LogP contribution in [-0.2, 0) is 16.5 Å². The van der Waals surface area contributed by atoms with Crippen LogP contribution in [0.15, 0.2) is 24.3 Å². The van der Waals surface area contributed by atoms with Gasteiger partial charge in [-0.1, -0.05) is 24.3 Å². The van der Waals surface area contributed by atoms with E-state index in [-0.39, 0.29) is 0 Å². The fraction of sp³-hybridized carbons (Fsp3) is 0.455. The molecule has 4 heteroatoms. The SMILES string of the molecule is CC(CCCc1[c]cccc1)S(=O)(=O)O. The Bertz CT molecular complexity index is 384. The van der Waals surface area contributed by atoms with Crippen molar-refractivity contribution >= 4 is 10.1 Å². The van der Waals surface area contributed by atoms with Gasteiger partial charge in [-0.2, -0.15) is 8.42 Å². The minimum absolute atomic E-state index is 0.474. The topological polar surface area (TPSA) is 54.4 Å². The van der Waals surface area contributed by atoms with E-state index < -0.39 is 15.4 Å². The van der Waals surface area contributed by atoms with Crippen LogP contribution in [0.2, 0.25) is 0 Å². The zero-order valence-electron chi connectivity index (χ0n) is 8.68. The molecule has 1 N–H and O–H groups in total. The smallest absolute Gasteiger partial charge is 0.267 e. The van der Waals surface area contributed by atoms with Gasteiger partial charge in [-0.15, -0.1) is 0 Å². The van der Waals surface area contributed by atoms with Crippen LogP contribution in [0, 0.1) is 6.07 Å². The molecule has 0 aliphatic rings. The summed E-state index contributed by atoms with van der Waals surface area (Å²) in [7, 11) is -3.87. The van der Waals surface area contributed by atoms with Gasteiger partial charge in [0.2, 0.25) is 0 Å². The summed E-state index contributed by atoms with van der Waals surface area (Å²) in [5, 5.41) is -0.679. The second-order valence-corrected chi connectivity index (χ2v) is 5.44. The van der Waals surface area contributed by atoms with Crippen LogP contribution in [0.4, 0.5) is 0 Å². The van der Waals surface area contributed by atoms with E-state index in [1.54, 1.807) is 0 Å². The zero-order valence-corrected chi connectivity index (χ0v) is 9.50. The Hall–Kier alpha value is -0.870. The lowest BCUT2D eigenvalue weighted by molar-refractivity contribution is 0.464. The van der Waals surface area contributed by atoms with Gasteiger partial charge in [0.05, 0.1) is 5.25 Å². The summed E-state index contributed by atoms with van der Waals surface area (Å²) in [6, 6.07) is 10.7. The molecule has 0 aliphatic heterocycles. The number of aryl methyl sites for hydroxylation is 1. The van der Waals surface area contributed by atoms with Crippen molar-refractivity contribution in [3.8, 4) is 0 Å². The second kappa shape index (κ2) is 5.28. The molecule has 0 saturated heterocycles. The third kappa shape index (κ3) is 4.44. The Balaban J connectivity index is 2.35. The molecule has 1 rings (SSSR count). The summed E-state index contributed by atoms with van der Waals surface area (Å²) < 4.78 is 30.2. The molecule has 0 amide bonds. The first-order chi connectivity index (χ1) is 7.00. The number of rotatable bonds is 5. The maximum atomic E-state index is 10.7. The Morgan fingerprint density at radius 1 is 1.47 bits per heavy atom. The molecule has 1 atom stereocenters. The van der Waals surface area contributed by atoms with E-state index in [0.717, 1.165) is 18.4 Å². The molecule has 0 aliphatic carbocycles. The monoisotopic (exact) mass is 227 g/mol. The fourth-order valence-corrected chi connectivity index (χ4v) is 1.78. The normalized spacial score (nSPS) is 13.7. The maximum Gasteiger partial charge on any atom is 0.267 e. The van der Waals surface area contributed by atoms with Crippen LogP contribution >= 0.6 is 0 Å². The Labute approximate surface area is 90.9 Å². The van der Waals surface area contributed by atoms with E-state index >= 15 is 0 Å². The molecule has 1 aromatic rings. The predicted octanol–water partition coefficient (Wildman–Crippen LogP) is 2.09.